The van der Waals surface area contributed by atoms with Crippen molar-refractivity contribution in [2.45, 2.75) is 258 Å². The summed E-state index contributed by atoms with van der Waals surface area (Å²) in [4.78, 5) is 37.6. The van der Waals surface area contributed by atoms with Gasteiger partial charge in [0.1, 0.15) is 19.3 Å². The third kappa shape index (κ3) is 50.4. The molecule has 3 unspecified atom stereocenters. The molecule has 10 heteroatoms. The van der Waals surface area contributed by atoms with Gasteiger partial charge in [-0.3, -0.25) is 18.6 Å². The van der Waals surface area contributed by atoms with Crippen LogP contribution in [0.25, 0.3) is 0 Å². The molecular weight excluding hydrogens is 892 g/mol. The van der Waals surface area contributed by atoms with Crippen molar-refractivity contribution in [3.05, 3.63) is 72.9 Å². The number of allylic oxidation sites excluding steroid dienone is 11. The van der Waals surface area contributed by atoms with E-state index in [1.54, 1.807) is 0 Å². The van der Waals surface area contributed by atoms with Gasteiger partial charge in [-0.15, -0.1) is 0 Å². The van der Waals surface area contributed by atoms with Gasteiger partial charge in [0.25, 0.3) is 0 Å². The number of quaternary nitrogens is 1. The molecule has 1 amide bonds. The third-order valence-corrected chi connectivity index (χ3v) is 13.4. The molecule has 0 aromatic carbocycles. The number of phosphoric ester groups is 1. The van der Waals surface area contributed by atoms with Gasteiger partial charge in [0.05, 0.1) is 33.8 Å². The second-order valence-electron chi connectivity index (χ2n) is 20.5. The maximum absolute atomic E-state index is 13.5. The number of nitrogens with one attached hydrogen (secondary N) is 1. The lowest BCUT2D eigenvalue weighted by Crippen LogP contribution is -2.47. The summed E-state index contributed by atoms with van der Waals surface area (Å²) in [6.07, 6.45) is 63.2. The summed E-state index contributed by atoms with van der Waals surface area (Å²) < 4.78 is 30.6. The highest BCUT2D eigenvalue weighted by Crippen LogP contribution is 2.43. The smallest absolute Gasteiger partial charge is 0.456 e. The summed E-state index contributed by atoms with van der Waals surface area (Å²) in [5, 5.41) is 3.04. The Balaban J connectivity index is 5.37. The average molecular weight is 1000 g/mol. The molecule has 0 spiro atoms. The van der Waals surface area contributed by atoms with Gasteiger partial charge in [-0.2, -0.15) is 0 Å². The molecule has 406 valence electrons. The number of rotatable bonds is 51. The number of unbranched alkanes of at least 4 members (excludes halogenated alkanes) is 27. The highest BCUT2D eigenvalue weighted by Gasteiger charge is 2.30. The van der Waals surface area contributed by atoms with Crippen LogP contribution in [-0.2, 0) is 27.9 Å². The van der Waals surface area contributed by atoms with E-state index >= 15 is 0 Å². The van der Waals surface area contributed by atoms with Gasteiger partial charge in [0.15, 0.2) is 0 Å². The number of likely N-dealkylation sites (N-methyl/N-ethyl adjacent to an activating group) is 1. The van der Waals surface area contributed by atoms with Crippen molar-refractivity contribution in [1.82, 2.24) is 5.32 Å². The lowest BCUT2D eigenvalue weighted by molar-refractivity contribution is -0.870. The second-order valence-corrected chi connectivity index (χ2v) is 21.9. The number of nitrogens with zero attached hydrogens (tertiary/aromatic N) is 1. The maximum atomic E-state index is 13.5. The van der Waals surface area contributed by atoms with Gasteiger partial charge in [0.2, 0.25) is 5.91 Å². The molecule has 0 saturated carbocycles. The minimum atomic E-state index is -4.45. The van der Waals surface area contributed by atoms with Crippen molar-refractivity contribution >= 4 is 19.7 Å². The third-order valence-electron chi connectivity index (χ3n) is 12.4. The van der Waals surface area contributed by atoms with Crippen LogP contribution in [0.5, 0.6) is 0 Å². The Hall–Kier alpha value is -2.55. The van der Waals surface area contributed by atoms with Crippen molar-refractivity contribution in [3.63, 3.8) is 0 Å². The number of ether oxygens (including phenoxy) is 1. The van der Waals surface area contributed by atoms with E-state index < -0.39 is 20.0 Å². The van der Waals surface area contributed by atoms with E-state index in [1.165, 1.54) is 116 Å². The van der Waals surface area contributed by atoms with E-state index in [0.29, 0.717) is 17.4 Å². The first kappa shape index (κ1) is 67.5. The maximum Gasteiger partial charge on any atom is 0.472 e. The molecule has 0 heterocycles. The predicted octanol–water partition coefficient (Wildman–Crippen LogP) is 17.3. The lowest BCUT2D eigenvalue weighted by Gasteiger charge is -2.27. The highest BCUT2D eigenvalue weighted by molar-refractivity contribution is 7.47. The summed E-state index contributed by atoms with van der Waals surface area (Å²) in [5.74, 6) is -0.529. The Morgan fingerprint density at radius 3 is 1.50 bits per heavy atom. The fourth-order valence-electron chi connectivity index (χ4n) is 7.97. The summed E-state index contributed by atoms with van der Waals surface area (Å²) in [5.41, 5.74) is 0. The lowest BCUT2D eigenvalue weighted by atomic mass is 10.0. The first-order valence-electron chi connectivity index (χ1n) is 28.8. The summed E-state index contributed by atoms with van der Waals surface area (Å²) in [7, 11) is 1.48. The molecule has 0 bridgehead atoms. The summed E-state index contributed by atoms with van der Waals surface area (Å²) in [6, 6.07) is -0.859. The number of esters is 1. The van der Waals surface area contributed by atoms with Gasteiger partial charge in [0, 0.05) is 12.8 Å². The molecule has 0 fully saturated rings. The Morgan fingerprint density at radius 2 is 0.971 bits per heavy atom. The Bertz CT molecular complexity index is 1430. The van der Waals surface area contributed by atoms with E-state index in [1.807, 2.05) is 33.3 Å². The van der Waals surface area contributed by atoms with E-state index in [9.17, 15) is 19.0 Å². The minimum absolute atomic E-state index is 0.0340. The monoisotopic (exact) mass is 1000 g/mol. The first-order valence-corrected chi connectivity index (χ1v) is 30.3. The van der Waals surface area contributed by atoms with Crippen LogP contribution >= 0.6 is 7.82 Å². The zero-order valence-corrected chi connectivity index (χ0v) is 47.1. The topological polar surface area (TPSA) is 111 Å². The van der Waals surface area contributed by atoms with E-state index in [0.717, 1.165) is 96.3 Å². The number of carbonyl (C=O) groups excluding carboxylic acids is 2. The SMILES string of the molecule is CC/C=C/C=C/C=C/CCCCCCCCCC(=O)OC(/C=C/CCCCCCCCCCCC)C(COP(=O)(O)OCC[N+](C)(C)C)NC(=O)CCCCCCCCC/C=C\C/C=C\CCCCC. The van der Waals surface area contributed by atoms with Gasteiger partial charge >= 0.3 is 13.8 Å². The molecule has 0 aromatic heterocycles. The van der Waals surface area contributed by atoms with Crippen molar-refractivity contribution in [3.8, 4) is 0 Å². The van der Waals surface area contributed by atoms with E-state index in [2.05, 4.69) is 86.8 Å². The largest absolute Gasteiger partial charge is 0.472 e. The minimum Gasteiger partial charge on any atom is -0.456 e. The fraction of sp³-hybridized carbons (Fsp3) is 0.767. The van der Waals surface area contributed by atoms with Crippen LogP contribution < -0.4 is 5.32 Å². The Kier molecular flexibility index (Phi) is 48.2. The normalized spacial score (nSPS) is 14.3. The van der Waals surface area contributed by atoms with E-state index in [-0.39, 0.29) is 31.5 Å². The molecule has 9 nitrogen and oxygen atoms in total. The summed E-state index contributed by atoms with van der Waals surface area (Å²) in [6.45, 7) is 6.84. The number of hydrogen-bond acceptors (Lipinski definition) is 6. The molecule has 0 aromatic rings. The van der Waals surface area contributed by atoms with Crippen molar-refractivity contribution in [2.24, 2.45) is 0 Å². The van der Waals surface area contributed by atoms with Crippen molar-refractivity contribution in [2.75, 3.05) is 40.9 Å². The van der Waals surface area contributed by atoms with Crippen molar-refractivity contribution < 1.29 is 37.3 Å². The highest BCUT2D eigenvalue weighted by atomic mass is 31.2. The molecule has 70 heavy (non-hydrogen) atoms. The fourth-order valence-corrected chi connectivity index (χ4v) is 8.71. The first-order chi connectivity index (χ1) is 33.9. The van der Waals surface area contributed by atoms with Crippen molar-refractivity contribution in [1.29, 1.82) is 0 Å². The van der Waals surface area contributed by atoms with Gasteiger partial charge in [-0.1, -0.05) is 222 Å². The molecular formula is C60H110N2O7P+. The number of phosphoric acid groups is 1. The average Bonchev–Trinajstić information content (AvgIpc) is 3.32. The summed E-state index contributed by atoms with van der Waals surface area (Å²) >= 11 is 0. The molecule has 0 aliphatic heterocycles. The van der Waals surface area contributed by atoms with Crippen LogP contribution in [-0.4, -0.2) is 74.3 Å². The zero-order chi connectivity index (χ0) is 51.5. The Labute approximate surface area is 432 Å². The van der Waals surface area contributed by atoms with Crippen LogP contribution in [0.3, 0.4) is 0 Å². The van der Waals surface area contributed by atoms with Crippen LogP contribution in [0.2, 0.25) is 0 Å². The van der Waals surface area contributed by atoms with Gasteiger partial charge in [-0.25, -0.2) is 4.57 Å². The van der Waals surface area contributed by atoms with Gasteiger partial charge in [-0.05, 0) is 83.1 Å². The quantitative estimate of drug-likeness (QED) is 0.0156. The Morgan fingerprint density at radius 1 is 0.529 bits per heavy atom. The molecule has 0 rings (SSSR count). The zero-order valence-electron chi connectivity index (χ0n) is 46.2. The molecule has 2 N–H and O–H groups in total. The number of hydrogen-bond donors (Lipinski definition) is 2. The molecule has 0 aliphatic rings. The molecule has 0 radical (unpaired) electrons. The van der Waals surface area contributed by atoms with Gasteiger partial charge < -0.3 is 19.4 Å². The standard InChI is InChI=1S/C60H109N2O7P/c1-7-10-13-16-19-22-25-28-30-31-33-34-37-40-43-46-49-52-59(63)61-57(56-68-70(65,66)67-55-54-62(4,5)6)58(51-48-45-42-39-36-27-24-21-18-15-12-9-3)69-60(64)53-50-47-44-41-38-35-32-29-26-23-20-17-14-11-8-2/h11,14,17,19-20,22-23,26,28,30,48,51,57-58H,7-10,12-13,15-16,18,21,24-25,27,29,31-47,49-50,52-56H2,1-6H3,(H-,61,63,65,66)/p+1/b14-11+,20-17+,22-19-,26-23+,30-28-,51-48+. The van der Waals surface area contributed by atoms with Crippen LogP contribution in [0.4, 0.5) is 0 Å². The predicted molar refractivity (Wildman–Crippen MR) is 300 cm³/mol. The van der Waals surface area contributed by atoms with E-state index in [4.69, 9.17) is 13.8 Å². The van der Waals surface area contributed by atoms with Crippen LogP contribution in [0.15, 0.2) is 72.9 Å². The number of amides is 1. The number of carbonyl (C=O) groups is 2. The van der Waals surface area contributed by atoms with Crippen LogP contribution in [0, 0.1) is 0 Å². The molecule has 3 atom stereocenters. The van der Waals surface area contributed by atoms with Crippen LogP contribution in [0.1, 0.15) is 245 Å². The molecule has 0 aliphatic carbocycles. The molecule has 0 saturated heterocycles. The second kappa shape index (κ2) is 50.0.